The maximum atomic E-state index is 6.18. The van der Waals surface area contributed by atoms with Crippen LogP contribution in [0.5, 0.6) is 0 Å². The van der Waals surface area contributed by atoms with Crippen molar-refractivity contribution in [2.45, 2.75) is 19.4 Å². The lowest BCUT2D eigenvalue weighted by atomic mass is 9.95. The molecule has 0 aliphatic carbocycles. The lowest BCUT2D eigenvalue weighted by molar-refractivity contribution is 0.559. The zero-order chi connectivity index (χ0) is 14.6. The number of aliphatic imine (C=N–C) groups is 1. The third kappa shape index (κ3) is 3.37. The Hall–Kier alpha value is -1.86. The molecule has 0 fully saturated rings. The van der Waals surface area contributed by atoms with Crippen molar-refractivity contribution in [3.63, 3.8) is 0 Å². The summed E-state index contributed by atoms with van der Waals surface area (Å²) in [7, 11) is 1.34. The summed E-state index contributed by atoms with van der Waals surface area (Å²) in [5.74, 6) is 4.24. The Morgan fingerprint density at radius 1 is 1.10 bits per heavy atom. The number of nitrogens with two attached hydrogens (primary N) is 1. The van der Waals surface area contributed by atoms with E-state index in [0.29, 0.717) is 5.58 Å². The molecule has 0 amide bonds. The molecule has 2 aromatic rings. The van der Waals surface area contributed by atoms with Crippen LogP contribution in [0.25, 0.3) is 0 Å². The normalized spacial score (nSPS) is 12.2. The minimum absolute atomic E-state index is 0.318. The van der Waals surface area contributed by atoms with E-state index < -0.39 is 7.53 Å². The van der Waals surface area contributed by atoms with Gasteiger partial charge in [-0.05, 0) is 43.7 Å². The first-order valence-electron chi connectivity index (χ1n) is 6.63. The van der Waals surface area contributed by atoms with E-state index in [-0.39, 0.29) is 5.54 Å². The van der Waals surface area contributed by atoms with Crippen molar-refractivity contribution in [3.8, 4) is 0 Å². The zero-order valence-corrected chi connectivity index (χ0v) is 13.1. The van der Waals surface area contributed by atoms with Crippen molar-refractivity contribution in [2.24, 2.45) is 10.7 Å². The van der Waals surface area contributed by atoms with Crippen LogP contribution in [0.3, 0.4) is 0 Å². The van der Waals surface area contributed by atoms with Gasteiger partial charge in [-0.25, -0.2) is 4.99 Å². The fraction of sp³-hybridized carbons (Fsp3) is 0.250. The van der Waals surface area contributed by atoms with Gasteiger partial charge >= 0.3 is 5.58 Å². The third-order valence-electron chi connectivity index (χ3n) is 3.25. The Morgan fingerprint density at radius 3 is 2.25 bits per heavy atom. The van der Waals surface area contributed by atoms with Crippen molar-refractivity contribution in [1.82, 2.24) is 0 Å². The predicted molar refractivity (Wildman–Crippen MR) is 89.6 cm³/mol. The maximum absolute atomic E-state index is 6.18. The molecule has 2 rings (SSSR count). The maximum Gasteiger partial charge on any atom is 0.307 e. The number of hydrogen-bond acceptors (Lipinski definition) is 2. The number of anilines is 1. The molecular weight excluding hydrogens is 265 g/mol. The summed E-state index contributed by atoms with van der Waals surface area (Å²) in [5.41, 5.74) is 8.83. The lowest BCUT2D eigenvalue weighted by Crippen LogP contribution is -2.19. The van der Waals surface area contributed by atoms with Gasteiger partial charge in [0.25, 0.3) is 0 Å². The van der Waals surface area contributed by atoms with Crippen molar-refractivity contribution in [2.75, 3.05) is 12.4 Å². The van der Waals surface area contributed by atoms with Gasteiger partial charge < -0.3 is 11.1 Å². The standard InChI is InChI=1S/C16H21N3P/c1-16(2,13-7-9-14(18-3)10-8-13)19-15(17)20-11-5-4-6-12-20/h4-12,18H,1-3H3,(H2,17,19)/q+1. The van der Waals surface area contributed by atoms with E-state index in [1.54, 1.807) is 0 Å². The quantitative estimate of drug-likeness (QED) is 0.657. The highest BCUT2D eigenvalue weighted by Gasteiger charge is 2.23. The average molecular weight is 286 g/mol. The van der Waals surface area contributed by atoms with Crippen LogP contribution in [0.2, 0.25) is 0 Å². The van der Waals surface area contributed by atoms with Crippen LogP contribution < -0.4 is 11.1 Å². The van der Waals surface area contributed by atoms with E-state index in [1.807, 2.05) is 25.2 Å². The highest BCUT2D eigenvalue weighted by molar-refractivity contribution is 7.66. The minimum Gasteiger partial charge on any atom is -0.388 e. The number of hydrogen-bond donors (Lipinski definition) is 2. The van der Waals surface area contributed by atoms with Gasteiger partial charge in [0.2, 0.25) is 7.53 Å². The van der Waals surface area contributed by atoms with Gasteiger partial charge in [-0.2, -0.15) is 0 Å². The van der Waals surface area contributed by atoms with Gasteiger partial charge in [0.05, 0.1) is 5.54 Å². The summed E-state index contributed by atoms with van der Waals surface area (Å²) in [6.07, 6.45) is 0. The van der Waals surface area contributed by atoms with E-state index in [4.69, 9.17) is 10.7 Å². The summed E-state index contributed by atoms with van der Waals surface area (Å²) in [6.45, 7) is 4.18. The van der Waals surface area contributed by atoms with Crippen molar-refractivity contribution in [1.29, 1.82) is 0 Å². The van der Waals surface area contributed by atoms with E-state index in [1.165, 1.54) is 0 Å². The molecule has 0 aliphatic rings. The van der Waals surface area contributed by atoms with E-state index in [0.717, 1.165) is 11.3 Å². The molecule has 4 heteroatoms. The summed E-state index contributed by atoms with van der Waals surface area (Å²) in [4.78, 5) is 4.74. The smallest absolute Gasteiger partial charge is 0.307 e. The first-order chi connectivity index (χ1) is 9.53. The second kappa shape index (κ2) is 6.06. The predicted octanol–water partition coefficient (Wildman–Crippen LogP) is 4.09. The van der Waals surface area contributed by atoms with Crippen molar-refractivity contribution in [3.05, 3.63) is 59.6 Å². The molecule has 0 bridgehead atoms. The van der Waals surface area contributed by atoms with E-state index in [9.17, 15) is 0 Å². The second-order valence-electron chi connectivity index (χ2n) is 5.14. The molecule has 0 atom stereocenters. The first-order valence-corrected chi connectivity index (χ1v) is 8.11. The summed E-state index contributed by atoms with van der Waals surface area (Å²) in [5, 5.41) is 3.12. The topological polar surface area (TPSA) is 50.4 Å². The molecule has 1 aromatic carbocycles. The highest BCUT2D eigenvalue weighted by atomic mass is 31.1. The molecule has 104 valence electrons. The SMILES string of the molecule is CNc1ccc(C(C)(C)N=C(N)[p+]2ccccc2)cc1. The molecule has 3 nitrogen and oxygen atoms in total. The lowest BCUT2D eigenvalue weighted by Gasteiger charge is -2.20. The Morgan fingerprint density at radius 2 is 1.70 bits per heavy atom. The van der Waals surface area contributed by atoms with Crippen molar-refractivity contribution >= 4 is 18.8 Å². The molecule has 20 heavy (non-hydrogen) atoms. The van der Waals surface area contributed by atoms with Crippen LogP contribution in [-0.4, -0.2) is 12.6 Å². The molecule has 1 aromatic heterocycles. The minimum atomic E-state index is -0.574. The molecular formula is C16H21N3P+. The fourth-order valence-corrected chi connectivity index (χ4v) is 3.34. The van der Waals surface area contributed by atoms with Crippen LogP contribution in [0, 0.1) is 0 Å². The molecule has 0 saturated heterocycles. The fourth-order valence-electron chi connectivity index (χ4n) is 2.00. The molecule has 0 saturated carbocycles. The molecule has 0 unspecified atom stereocenters. The Kier molecular flexibility index (Phi) is 4.41. The second-order valence-corrected chi connectivity index (χ2v) is 7.01. The van der Waals surface area contributed by atoms with Gasteiger partial charge in [0, 0.05) is 12.7 Å². The van der Waals surface area contributed by atoms with Crippen molar-refractivity contribution < 1.29 is 0 Å². The van der Waals surface area contributed by atoms with Crippen LogP contribution in [0.15, 0.2) is 59.1 Å². The number of nitrogens with zero attached hydrogens (tertiary/aromatic N) is 1. The van der Waals surface area contributed by atoms with Crippen LogP contribution in [0.4, 0.5) is 5.69 Å². The summed E-state index contributed by atoms with van der Waals surface area (Å²) in [6, 6.07) is 14.4. The first kappa shape index (κ1) is 14.5. The van der Waals surface area contributed by atoms with Gasteiger partial charge in [-0.15, -0.1) is 0 Å². The average Bonchev–Trinajstić information content (AvgIpc) is 2.48. The van der Waals surface area contributed by atoms with Gasteiger partial charge in [0.15, 0.2) is 0 Å². The summed E-state index contributed by atoms with van der Waals surface area (Å²) < 4.78 is 0. The van der Waals surface area contributed by atoms with Gasteiger partial charge in [-0.1, -0.05) is 18.2 Å². The van der Waals surface area contributed by atoms with Crippen LogP contribution in [0.1, 0.15) is 19.4 Å². The molecule has 0 spiro atoms. The number of nitrogens with one attached hydrogen (secondary N) is 1. The molecule has 1 heterocycles. The third-order valence-corrected chi connectivity index (χ3v) is 4.87. The molecule has 0 radical (unpaired) electrons. The Balaban J connectivity index is 2.29. The van der Waals surface area contributed by atoms with Crippen LogP contribution >= 0.6 is 7.53 Å². The van der Waals surface area contributed by atoms with Gasteiger partial charge in [0.1, 0.15) is 11.6 Å². The van der Waals surface area contributed by atoms with E-state index in [2.05, 4.69) is 55.0 Å². The Labute approximate surface area is 121 Å². The Bertz CT molecular complexity index is 589. The monoisotopic (exact) mass is 286 g/mol. The highest BCUT2D eigenvalue weighted by Crippen LogP contribution is 2.31. The summed E-state index contributed by atoms with van der Waals surface area (Å²) >= 11 is 0. The largest absolute Gasteiger partial charge is 0.388 e. The number of rotatable bonds is 4. The molecule has 3 N–H and O–H groups in total. The number of benzene rings is 1. The zero-order valence-electron chi connectivity index (χ0n) is 12.2. The number of amidine groups is 1. The van der Waals surface area contributed by atoms with Gasteiger partial charge in [-0.3, -0.25) is 0 Å². The molecule has 0 aliphatic heterocycles. The van der Waals surface area contributed by atoms with Crippen LogP contribution in [-0.2, 0) is 5.54 Å². The van der Waals surface area contributed by atoms with E-state index >= 15 is 0 Å².